The standard InChI is InChI=1S/C9H10N2O3/c12-6-1-2-7(10-3-6)8-4-14-5-9(13)11-8/h1-3,8,12H,4-5H2,(H,11,13). The number of aromatic hydroxyl groups is 1. The molecule has 2 heterocycles. The fourth-order valence-corrected chi connectivity index (χ4v) is 1.31. The summed E-state index contributed by atoms with van der Waals surface area (Å²) in [5.74, 6) is -0.0343. The van der Waals surface area contributed by atoms with E-state index in [0.717, 1.165) is 0 Å². The average molecular weight is 194 g/mol. The number of aromatic nitrogens is 1. The van der Waals surface area contributed by atoms with Gasteiger partial charge in [-0.25, -0.2) is 0 Å². The zero-order valence-corrected chi connectivity index (χ0v) is 7.43. The molecular weight excluding hydrogens is 184 g/mol. The molecule has 2 rings (SSSR count). The van der Waals surface area contributed by atoms with Gasteiger partial charge >= 0.3 is 0 Å². The highest BCUT2D eigenvalue weighted by Gasteiger charge is 2.20. The highest BCUT2D eigenvalue weighted by atomic mass is 16.5. The molecule has 1 aromatic heterocycles. The van der Waals surface area contributed by atoms with E-state index in [1.165, 1.54) is 12.3 Å². The maximum atomic E-state index is 11.0. The molecule has 1 saturated heterocycles. The van der Waals surface area contributed by atoms with Gasteiger partial charge in [0.05, 0.1) is 24.5 Å². The van der Waals surface area contributed by atoms with Gasteiger partial charge in [0.15, 0.2) is 0 Å². The molecule has 2 N–H and O–H groups in total. The van der Waals surface area contributed by atoms with Gasteiger partial charge in [0.2, 0.25) is 5.91 Å². The van der Waals surface area contributed by atoms with Crippen LogP contribution in [0.5, 0.6) is 5.75 Å². The monoisotopic (exact) mass is 194 g/mol. The van der Waals surface area contributed by atoms with Gasteiger partial charge in [-0.1, -0.05) is 0 Å². The first-order chi connectivity index (χ1) is 6.75. The summed E-state index contributed by atoms with van der Waals surface area (Å²) < 4.78 is 5.06. The van der Waals surface area contributed by atoms with Crippen LogP contribution < -0.4 is 5.32 Å². The molecule has 0 spiro atoms. The summed E-state index contributed by atoms with van der Waals surface area (Å²) in [5.41, 5.74) is 0.691. The van der Waals surface area contributed by atoms with Gasteiger partial charge in [-0.05, 0) is 12.1 Å². The van der Waals surface area contributed by atoms with E-state index in [-0.39, 0.29) is 24.3 Å². The summed E-state index contributed by atoms with van der Waals surface area (Å²) in [4.78, 5) is 15.0. The Labute approximate surface area is 80.7 Å². The van der Waals surface area contributed by atoms with E-state index >= 15 is 0 Å². The van der Waals surface area contributed by atoms with Crippen LogP contribution in [0.2, 0.25) is 0 Å². The third-order valence-corrected chi connectivity index (χ3v) is 1.98. The van der Waals surface area contributed by atoms with Gasteiger partial charge < -0.3 is 15.2 Å². The van der Waals surface area contributed by atoms with Crippen molar-refractivity contribution < 1.29 is 14.6 Å². The molecule has 1 aliphatic rings. The molecule has 1 unspecified atom stereocenters. The lowest BCUT2D eigenvalue weighted by Gasteiger charge is -2.22. The van der Waals surface area contributed by atoms with Crippen LogP contribution in [0.25, 0.3) is 0 Å². The molecule has 0 radical (unpaired) electrons. The molecule has 0 aromatic carbocycles. The third kappa shape index (κ3) is 1.82. The van der Waals surface area contributed by atoms with Gasteiger partial charge in [0, 0.05) is 0 Å². The summed E-state index contributed by atoms with van der Waals surface area (Å²) >= 11 is 0. The first-order valence-electron chi connectivity index (χ1n) is 4.28. The zero-order chi connectivity index (χ0) is 9.97. The number of amides is 1. The minimum atomic E-state index is -0.211. The van der Waals surface area contributed by atoms with E-state index in [1.807, 2.05) is 0 Å². The van der Waals surface area contributed by atoms with E-state index in [9.17, 15) is 4.79 Å². The number of ether oxygens (including phenoxy) is 1. The van der Waals surface area contributed by atoms with Crippen LogP contribution >= 0.6 is 0 Å². The molecule has 1 aromatic rings. The minimum Gasteiger partial charge on any atom is -0.506 e. The number of carbonyl (C=O) groups is 1. The number of hydrogen-bond donors (Lipinski definition) is 2. The summed E-state index contributed by atoms with van der Waals surface area (Å²) in [5, 5.41) is 11.8. The van der Waals surface area contributed by atoms with Crippen molar-refractivity contribution >= 4 is 5.91 Å². The van der Waals surface area contributed by atoms with Crippen LogP contribution in [0, 0.1) is 0 Å². The molecule has 0 saturated carbocycles. The Hall–Kier alpha value is -1.62. The number of hydrogen-bond acceptors (Lipinski definition) is 4. The normalized spacial score (nSPS) is 21.7. The number of morpholine rings is 1. The smallest absolute Gasteiger partial charge is 0.246 e. The number of carbonyl (C=O) groups excluding carboxylic acids is 1. The van der Waals surface area contributed by atoms with E-state index < -0.39 is 0 Å². The van der Waals surface area contributed by atoms with E-state index in [1.54, 1.807) is 6.07 Å². The van der Waals surface area contributed by atoms with Crippen LogP contribution in [0.3, 0.4) is 0 Å². The van der Waals surface area contributed by atoms with Crippen molar-refractivity contribution in [3.8, 4) is 5.75 Å². The quantitative estimate of drug-likeness (QED) is 0.658. The molecule has 0 bridgehead atoms. The molecule has 1 aliphatic heterocycles. The minimum absolute atomic E-state index is 0.106. The molecular formula is C9H10N2O3. The van der Waals surface area contributed by atoms with Gasteiger partial charge in [0.25, 0.3) is 0 Å². The second-order valence-corrected chi connectivity index (χ2v) is 3.08. The number of nitrogens with one attached hydrogen (secondary N) is 1. The summed E-state index contributed by atoms with van der Waals surface area (Å²) in [7, 11) is 0. The number of pyridine rings is 1. The van der Waals surface area contributed by atoms with Crippen LogP contribution in [-0.4, -0.2) is 29.2 Å². The second-order valence-electron chi connectivity index (χ2n) is 3.08. The topological polar surface area (TPSA) is 71.5 Å². The van der Waals surface area contributed by atoms with Crippen molar-refractivity contribution in [2.45, 2.75) is 6.04 Å². The van der Waals surface area contributed by atoms with Crippen LogP contribution in [-0.2, 0) is 9.53 Å². The summed E-state index contributed by atoms with van der Waals surface area (Å²) in [6, 6.07) is 2.98. The Morgan fingerprint density at radius 1 is 1.57 bits per heavy atom. The second kappa shape index (κ2) is 3.63. The predicted molar refractivity (Wildman–Crippen MR) is 47.6 cm³/mol. The molecule has 5 nitrogen and oxygen atoms in total. The first kappa shape index (κ1) is 8.96. The molecule has 1 amide bonds. The molecule has 0 aliphatic carbocycles. The molecule has 1 fully saturated rings. The van der Waals surface area contributed by atoms with Crippen molar-refractivity contribution in [2.75, 3.05) is 13.2 Å². The van der Waals surface area contributed by atoms with E-state index in [4.69, 9.17) is 9.84 Å². The maximum absolute atomic E-state index is 11.0. The molecule has 1 atom stereocenters. The van der Waals surface area contributed by atoms with Crippen molar-refractivity contribution in [2.24, 2.45) is 0 Å². The lowest BCUT2D eigenvalue weighted by Crippen LogP contribution is -2.40. The van der Waals surface area contributed by atoms with Gasteiger partial charge in [0.1, 0.15) is 12.4 Å². The van der Waals surface area contributed by atoms with Gasteiger partial charge in [-0.2, -0.15) is 0 Å². The Bertz CT molecular complexity index is 336. The Kier molecular flexibility index (Phi) is 2.32. The first-order valence-corrected chi connectivity index (χ1v) is 4.28. The molecule has 5 heteroatoms. The number of rotatable bonds is 1. The van der Waals surface area contributed by atoms with Crippen LogP contribution in [0.4, 0.5) is 0 Å². The van der Waals surface area contributed by atoms with Gasteiger partial charge in [-0.15, -0.1) is 0 Å². The Balaban J connectivity index is 2.14. The van der Waals surface area contributed by atoms with Crippen molar-refractivity contribution in [3.05, 3.63) is 24.0 Å². The van der Waals surface area contributed by atoms with E-state index in [0.29, 0.717) is 12.3 Å². The van der Waals surface area contributed by atoms with E-state index in [2.05, 4.69) is 10.3 Å². The fraction of sp³-hybridized carbons (Fsp3) is 0.333. The number of nitrogens with zero attached hydrogens (tertiary/aromatic N) is 1. The highest BCUT2D eigenvalue weighted by Crippen LogP contribution is 2.15. The lowest BCUT2D eigenvalue weighted by atomic mass is 10.2. The lowest BCUT2D eigenvalue weighted by molar-refractivity contribution is -0.131. The van der Waals surface area contributed by atoms with Crippen molar-refractivity contribution in [1.82, 2.24) is 10.3 Å². The van der Waals surface area contributed by atoms with Crippen molar-refractivity contribution in [1.29, 1.82) is 0 Å². The largest absolute Gasteiger partial charge is 0.506 e. The molecule has 74 valence electrons. The van der Waals surface area contributed by atoms with Crippen LogP contribution in [0.15, 0.2) is 18.3 Å². The third-order valence-electron chi connectivity index (χ3n) is 1.98. The zero-order valence-electron chi connectivity index (χ0n) is 7.43. The SMILES string of the molecule is O=C1COCC(c2ccc(O)cn2)N1. The Morgan fingerprint density at radius 3 is 3.07 bits per heavy atom. The van der Waals surface area contributed by atoms with Crippen molar-refractivity contribution in [3.63, 3.8) is 0 Å². The Morgan fingerprint density at radius 2 is 2.43 bits per heavy atom. The predicted octanol–water partition coefficient (Wildman–Crippen LogP) is -0.0253. The molecule has 14 heavy (non-hydrogen) atoms. The van der Waals surface area contributed by atoms with Gasteiger partial charge in [-0.3, -0.25) is 9.78 Å². The fourth-order valence-electron chi connectivity index (χ4n) is 1.31. The maximum Gasteiger partial charge on any atom is 0.246 e. The average Bonchev–Trinajstić information content (AvgIpc) is 2.19. The highest BCUT2D eigenvalue weighted by molar-refractivity contribution is 5.78. The van der Waals surface area contributed by atoms with Crippen LogP contribution in [0.1, 0.15) is 11.7 Å². The summed E-state index contributed by atoms with van der Waals surface area (Å²) in [6.45, 7) is 0.526. The summed E-state index contributed by atoms with van der Waals surface area (Å²) in [6.07, 6.45) is 1.34.